The summed E-state index contributed by atoms with van der Waals surface area (Å²) >= 11 is 3.19. The van der Waals surface area contributed by atoms with Gasteiger partial charge in [-0.3, -0.25) is 4.79 Å². The quantitative estimate of drug-likeness (QED) is 0.871. The van der Waals surface area contributed by atoms with Crippen LogP contribution in [0.1, 0.15) is 26.5 Å². The molecule has 124 valence electrons. The Bertz CT molecular complexity index is 723. The molecular weight excluding hydrogens is 365 g/mol. The molecule has 1 amide bonds. The molecule has 2 rings (SSSR count). The average Bonchev–Trinajstić information content (AvgIpc) is 2.78. The van der Waals surface area contributed by atoms with E-state index >= 15 is 0 Å². The van der Waals surface area contributed by atoms with Gasteiger partial charge in [-0.15, -0.1) is 0 Å². The van der Waals surface area contributed by atoms with E-state index in [-0.39, 0.29) is 23.9 Å². The number of aromatic nitrogens is 2. The first-order valence-electron chi connectivity index (χ1n) is 7.11. The summed E-state index contributed by atoms with van der Waals surface area (Å²) in [5.41, 5.74) is 0.565. The van der Waals surface area contributed by atoms with Gasteiger partial charge in [-0.2, -0.15) is 5.10 Å². The van der Waals surface area contributed by atoms with E-state index in [9.17, 15) is 9.18 Å². The zero-order valence-electron chi connectivity index (χ0n) is 13.5. The number of benzene rings is 1. The minimum absolute atomic E-state index is 0.182. The SMILES string of the molecule is Cc1cc(NC(=O)COc2ccc(F)cc2Br)n(C(C)(C)C)n1. The lowest BCUT2D eigenvalue weighted by molar-refractivity contribution is -0.118. The molecule has 0 aliphatic heterocycles. The minimum atomic E-state index is -0.377. The molecule has 0 radical (unpaired) electrons. The van der Waals surface area contributed by atoms with Crippen LogP contribution in [0.15, 0.2) is 28.7 Å². The van der Waals surface area contributed by atoms with Gasteiger partial charge in [0.15, 0.2) is 6.61 Å². The fourth-order valence-corrected chi connectivity index (χ4v) is 2.48. The van der Waals surface area contributed by atoms with Crippen LogP contribution in [0.4, 0.5) is 10.2 Å². The van der Waals surface area contributed by atoms with Crippen LogP contribution in [0.25, 0.3) is 0 Å². The second-order valence-electron chi connectivity index (χ2n) is 6.17. The maximum Gasteiger partial charge on any atom is 0.263 e. The van der Waals surface area contributed by atoms with Crippen molar-refractivity contribution in [3.05, 3.63) is 40.2 Å². The van der Waals surface area contributed by atoms with Crippen molar-refractivity contribution < 1.29 is 13.9 Å². The van der Waals surface area contributed by atoms with Gasteiger partial charge in [-0.25, -0.2) is 9.07 Å². The van der Waals surface area contributed by atoms with Crippen LogP contribution >= 0.6 is 15.9 Å². The second-order valence-corrected chi connectivity index (χ2v) is 7.02. The Balaban J connectivity index is 2.03. The topological polar surface area (TPSA) is 56.1 Å². The fraction of sp³-hybridized carbons (Fsp3) is 0.375. The van der Waals surface area contributed by atoms with Crippen LogP contribution in [0.5, 0.6) is 5.75 Å². The standard InChI is InChI=1S/C16H19BrFN3O2/c1-10-7-14(21(20-10)16(2,3)4)19-15(22)9-23-13-6-5-11(18)8-12(13)17/h5-8H,9H2,1-4H3,(H,19,22). The predicted octanol–water partition coefficient (Wildman–Crippen LogP) is 3.87. The summed E-state index contributed by atoms with van der Waals surface area (Å²) in [4.78, 5) is 12.1. The van der Waals surface area contributed by atoms with E-state index in [1.54, 1.807) is 10.7 Å². The van der Waals surface area contributed by atoms with E-state index in [1.807, 2.05) is 27.7 Å². The third-order valence-corrected chi connectivity index (χ3v) is 3.61. The Morgan fingerprint density at radius 1 is 1.39 bits per heavy atom. The molecule has 1 aromatic heterocycles. The average molecular weight is 384 g/mol. The van der Waals surface area contributed by atoms with Gasteiger partial charge < -0.3 is 10.1 Å². The molecule has 5 nitrogen and oxygen atoms in total. The molecule has 0 saturated heterocycles. The van der Waals surface area contributed by atoms with Crippen molar-refractivity contribution in [3.8, 4) is 5.75 Å². The van der Waals surface area contributed by atoms with E-state index in [0.29, 0.717) is 16.0 Å². The first kappa shape index (κ1) is 17.5. The number of ether oxygens (including phenoxy) is 1. The number of rotatable bonds is 4. The molecule has 7 heteroatoms. The summed E-state index contributed by atoms with van der Waals surface area (Å²) in [6, 6.07) is 5.83. The van der Waals surface area contributed by atoms with Gasteiger partial charge in [0.1, 0.15) is 17.4 Å². The Kier molecular flexibility index (Phi) is 5.09. The van der Waals surface area contributed by atoms with Crippen molar-refractivity contribution in [2.24, 2.45) is 0 Å². The summed E-state index contributed by atoms with van der Waals surface area (Å²) in [5.74, 6) is 0.327. The first-order valence-corrected chi connectivity index (χ1v) is 7.91. The number of nitrogens with zero attached hydrogens (tertiary/aromatic N) is 2. The van der Waals surface area contributed by atoms with E-state index in [2.05, 4.69) is 26.3 Å². The number of aryl methyl sites for hydroxylation is 1. The number of hydrogen-bond donors (Lipinski definition) is 1. The highest BCUT2D eigenvalue weighted by Gasteiger charge is 2.20. The van der Waals surface area contributed by atoms with Crippen molar-refractivity contribution >= 4 is 27.7 Å². The molecule has 0 fully saturated rings. The van der Waals surface area contributed by atoms with Gasteiger partial charge in [0, 0.05) is 6.07 Å². The first-order chi connectivity index (χ1) is 10.7. The van der Waals surface area contributed by atoms with Crippen LogP contribution in [-0.2, 0) is 10.3 Å². The van der Waals surface area contributed by atoms with Gasteiger partial charge >= 0.3 is 0 Å². The summed E-state index contributed by atoms with van der Waals surface area (Å²) < 4.78 is 20.6. The second kappa shape index (κ2) is 6.70. The van der Waals surface area contributed by atoms with Crippen LogP contribution in [0.3, 0.4) is 0 Å². The van der Waals surface area contributed by atoms with Crippen LogP contribution in [0.2, 0.25) is 0 Å². The molecular formula is C16H19BrFN3O2. The lowest BCUT2D eigenvalue weighted by Gasteiger charge is -2.22. The van der Waals surface area contributed by atoms with Crippen molar-refractivity contribution in [1.82, 2.24) is 9.78 Å². The largest absolute Gasteiger partial charge is 0.483 e. The maximum atomic E-state index is 13.0. The maximum absolute atomic E-state index is 13.0. The van der Waals surface area contributed by atoms with Crippen LogP contribution < -0.4 is 10.1 Å². The molecule has 0 bridgehead atoms. The van der Waals surface area contributed by atoms with Crippen molar-refractivity contribution in [2.75, 3.05) is 11.9 Å². The summed E-state index contributed by atoms with van der Waals surface area (Å²) in [6.45, 7) is 7.69. The number of hydrogen-bond acceptors (Lipinski definition) is 3. The highest BCUT2D eigenvalue weighted by atomic mass is 79.9. The highest BCUT2D eigenvalue weighted by molar-refractivity contribution is 9.10. The third-order valence-electron chi connectivity index (χ3n) is 2.99. The van der Waals surface area contributed by atoms with Gasteiger partial charge in [0.25, 0.3) is 5.91 Å². The molecule has 0 spiro atoms. The van der Waals surface area contributed by atoms with Crippen LogP contribution in [0, 0.1) is 12.7 Å². The van der Waals surface area contributed by atoms with Gasteiger partial charge in [-0.1, -0.05) is 0 Å². The van der Waals surface area contributed by atoms with E-state index < -0.39 is 0 Å². The number of carbonyl (C=O) groups excluding carboxylic acids is 1. The predicted molar refractivity (Wildman–Crippen MR) is 90.2 cm³/mol. The highest BCUT2D eigenvalue weighted by Crippen LogP contribution is 2.25. The molecule has 1 N–H and O–H groups in total. The molecule has 23 heavy (non-hydrogen) atoms. The third kappa shape index (κ3) is 4.54. The van der Waals surface area contributed by atoms with E-state index in [0.717, 1.165) is 5.69 Å². The number of halogens is 2. The molecule has 0 aliphatic rings. The van der Waals surface area contributed by atoms with Gasteiger partial charge in [0.05, 0.1) is 15.7 Å². The molecule has 1 aromatic carbocycles. The summed E-state index contributed by atoms with van der Waals surface area (Å²) in [6.07, 6.45) is 0. The molecule has 0 saturated carbocycles. The number of anilines is 1. The zero-order valence-corrected chi connectivity index (χ0v) is 15.1. The molecule has 0 atom stereocenters. The smallest absolute Gasteiger partial charge is 0.263 e. The minimum Gasteiger partial charge on any atom is -0.483 e. The van der Waals surface area contributed by atoms with Crippen molar-refractivity contribution in [1.29, 1.82) is 0 Å². The number of amides is 1. The van der Waals surface area contributed by atoms with Gasteiger partial charge in [-0.05, 0) is 61.8 Å². The Labute approximate surface area is 143 Å². The van der Waals surface area contributed by atoms with Gasteiger partial charge in [0.2, 0.25) is 0 Å². The van der Waals surface area contributed by atoms with Crippen LogP contribution in [-0.4, -0.2) is 22.3 Å². The summed E-state index contributed by atoms with van der Waals surface area (Å²) in [7, 11) is 0. The Morgan fingerprint density at radius 2 is 2.09 bits per heavy atom. The number of nitrogens with one attached hydrogen (secondary N) is 1. The van der Waals surface area contributed by atoms with E-state index in [1.165, 1.54) is 18.2 Å². The lowest BCUT2D eigenvalue weighted by atomic mass is 10.1. The Morgan fingerprint density at radius 3 is 2.70 bits per heavy atom. The normalized spacial score (nSPS) is 11.4. The lowest BCUT2D eigenvalue weighted by Crippen LogP contribution is -2.28. The molecule has 2 aromatic rings. The summed E-state index contributed by atoms with van der Waals surface area (Å²) in [5, 5.41) is 7.18. The molecule has 1 heterocycles. The number of carbonyl (C=O) groups is 1. The monoisotopic (exact) mass is 383 g/mol. The molecule has 0 aliphatic carbocycles. The molecule has 0 unspecified atom stereocenters. The van der Waals surface area contributed by atoms with E-state index in [4.69, 9.17) is 4.74 Å². The van der Waals surface area contributed by atoms with Crippen molar-refractivity contribution in [2.45, 2.75) is 33.2 Å². The fourth-order valence-electron chi connectivity index (χ4n) is 2.01. The zero-order chi connectivity index (χ0) is 17.2. The van der Waals surface area contributed by atoms with Crippen molar-refractivity contribution in [3.63, 3.8) is 0 Å². The Hall–Kier alpha value is -1.89.